The summed E-state index contributed by atoms with van der Waals surface area (Å²) in [5.41, 5.74) is 7.57. The summed E-state index contributed by atoms with van der Waals surface area (Å²) in [6.07, 6.45) is 2.12. The van der Waals surface area contributed by atoms with E-state index in [9.17, 15) is 9.59 Å². The van der Waals surface area contributed by atoms with E-state index in [2.05, 4.69) is 15.8 Å². The smallest absolute Gasteiger partial charge is 0.298 e. The predicted octanol–water partition coefficient (Wildman–Crippen LogP) is 2.83. The van der Waals surface area contributed by atoms with Gasteiger partial charge in [0.05, 0.1) is 0 Å². The zero-order valence-electron chi connectivity index (χ0n) is 17.5. The van der Waals surface area contributed by atoms with Crippen LogP contribution in [0.4, 0.5) is 6.01 Å². The van der Waals surface area contributed by atoms with E-state index in [-0.39, 0.29) is 18.4 Å². The number of benzene rings is 2. The molecule has 4 rings (SSSR count). The molecule has 2 amide bonds. The molecule has 2 heterocycles. The minimum atomic E-state index is -0.400. The fraction of sp³-hybridized carbons (Fsp3) is 0.348. The maximum atomic E-state index is 12.4. The van der Waals surface area contributed by atoms with Gasteiger partial charge in [0.15, 0.2) is 12.2 Å². The highest BCUT2D eigenvalue weighted by Crippen LogP contribution is 2.26. The molecule has 0 radical (unpaired) electrons. The Balaban J connectivity index is 1.21. The Kier molecular flexibility index (Phi) is 6.35. The molecular formula is C23H26N4O4. The monoisotopic (exact) mass is 422 g/mol. The summed E-state index contributed by atoms with van der Waals surface area (Å²) in [6, 6.07) is 15.8. The third-order valence-electron chi connectivity index (χ3n) is 5.46. The molecule has 162 valence electrons. The number of aryl methyl sites for hydroxylation is 1. The zero-order chi connectivity index (χ0) is 21.6. The van der Waals surface area contributed by atoms with E-state index >= 15 is 0 Å². The molecule has 8 nitrogen and oxygen atoms in total. The first-order chi connectivity index (χ1) is 15.1. The summed E-state index contributed by atoms with van der Waals surface area (Å²) in [5, 5.41) is 0. The Morgan fingerprint density at radius 2 is 1.84 bits per heavy atom. The van der Waals surface area contributed by atoms with Crippen molar-refractivity contribution in [3.05, 3.63) is 54.1 Å². The Morgan fingerprint density at radius 1 is 1.10 bits per heavy atom. The number of nitrogens with one attached hydrogen (secondary N) is 2. The molecule has 8 heteroatoms. The Bertz CT molecular complexity index is 1020. The minimum Gasteiger partial charge on any atom is -0.483 e. The normalized spacial score (nSPS) is 14.4. The number of oxazole rings is 1. The summed E-state index contributed by atoms with van der Waals surface area (Å²) < 4.78 is 11.4. The maximum Gasteiger partial charge on any atom is 0.298 e. The van der Waals surface area contributed by atoms with Gasteiger partial charge in [-0.1, -0.05) is 37.3 Å². The lowest BCUT2D eigenvalue weighted by Crippen LogP contribution is -2.48. The molecule has 0 bridgehead atoms. The van der Waals surface area contributed by atoms with Gasteiger partial charge >= 0.3 is 0 Å². The first-order valence-electron chi connectivity index (χ1n) is 10.5. The molecule has 2 aromatic carbocycles. The lowest BCUT2D eigenvalue weighted by atomic mass is 9.96. The first kappa shape index (κ1) is 20.7. The lowest BCUT2D eigenvalue weighted by Gasteiger charge is -2.30. The van der Waals surface area contributed by atoms with Crippen LogP contribution >= 0.6 is 0 Å². The number of anilines is 1. The van der Waals surface area contributed by atoms with E-state index in [1.807, 2.05) is 60.4 Å². The molecular weight excluding hydrogens is 396 g/mol. The van der Waals surface area contributed by atoms with E-state index in [0.717, 1.165) is 23.1 Å². The lowest BCUT2D eigenvalue weighted by molar-refractivity contribution is -0.132. The number of hydrazine groups is 1. The minimum absolute atomic E-state index is 0.159. The number of nitrogens with zero attached hydrogens (tertiary/aromatic N) is 2. The van der Waals surface area contributed by atoms with Crippen LogP contribution < -0.4 is 20.5 Å². The van der Waals surface area contributed by atoms with Crippen LogP contribution in [0.1, 0.15) is 25.3 Å². The van der Waals surface area contributed by atoms with E-state index in [1.165, 1.54) is 0 Å². The van der Waals surface area contributed by atoms with Gasteiger partial charge in [0.2, 0.25) is 5.91 Å². The highest BCUT2D eigenvalue weighted by atomic mass is 16.5. The second kappa shape index (κ2) is 9.51. The summed E-state index contributed by atoms with van der Waals surface area (Å²) >= 11 is 0. The maximum absolute atomic E-state index is 12.4. The van der Waals surface area contributed by atoms with Crippen molar-refractivity contribution < 1.29 is 18.7 Å². The number of hydrogen-bond acceptors (Lipinski definition) is 6. The molecule has 0 saturated carbocycles. The van der Waals surface area contributed by atoms with Crippen LogP contribution in [0.25, 0.3) is 11.1 Å². The van der Waals surface area contributed by atoms with Gasteiger partial charge < -0.3 is 14.1 Å². The number of fused-ring (bicyclic) bond motifs is 1. The molecule has 1 aromatic heterocycles. The summed E-state index contributed by atoms with van der Waals surface area (Å²) in [7, 11) is 0. The Labute approximate surface area is 180 Å². The zero-order valence-corrected chi connectivity index (χ0v) is 17.5. The molecule has 1 saturated heterocycles. The van der Waals surface area contributed by atoms with Crippen molar-refractivity contribution in [1.29, 1.82) is 0 Å². The highest BCUT2D eigenvalue weighted by Gasteiger charge is 2.27. The van der Waals surface area contributed by atoms with Crippen molar-refractivity contribution in [3.8, 4) is 5.75 Å². The number of amides is 2. The van der Waals surface area contributed by atoms with Crippen LogP contribution in [0.3, 0.4) is 0 Å². The molecule has 1 aliphatic heterocycles. The van der Waals surface area contributed by atoms with Gasteiger partial charge in [0.25, 0.3) is 11.9 Å². The largest absolute Gasteiger partial charge is 0.483 e. The van der Waals surface area contributed by atoms with Crippen LogP contribution in [-0.2, 0) is 16.0 Å². The molecule has 0 spiro atoms. The quantitative estimate of drug-likeness (QED) is 0.593. The first-order valence-corrected chi connectivity index (χ1v) is 10.5. The third-order valence-corrected chi connectivity index (χ3v) is 5.46. The second-order valence-corrected chi connectivity index (χ2v) is 7.51. The van der Waals surface area contributed by atoms with Crippen LogP contribution in [0.5, 0.6) is 5.75 Å². The van der Waals surface area contributed by atoms with E-state index in [0.29, 0.717) is 37.7 Å². The molecule has 1 fully saturated rings. The number of ether oxygens (including phenoxy) is 1. The van der Waals surface area contributed by atoms with Crippen molar-refractivity contribution in [2.24, 2.45) is 5.92 Å². The topological polar surface area (TPSA) is 96.7 Å². The van der Waals surface area contributed by atoms with Gasteiger partial charge in [-0.2, -0.15) is 4.98 Å². The molecule has 0 aliphatic carbocycles. The Morgan fingerprint density at radius 3 is 2.61 bits per heavy atom. The molecule has 0 atom stereocenters. The average Bonchev–Trinajstić information content (AvgIpc) is 3.26. The molecule has 1 aliphatic rings. The van der Waals surface area contributed by atoms with Crippen LogP contribution in [0, 0.1) is 5.92 Å². The fourth-order valence-corrected chi connectivity index (χ4v) is 3.68. The van der Waals surface area contributed by atoms with Crippen LogP contribution in [-0.4, -0.2) is 36.5 Å². The number of carbonyl (C=O) groups excluding carboxylic acids is 2. The highest BCUT2D eigenvalue weighted by molar-refractivity contribution is 5.84. The number of piperidine rings is 1. The number of rotatable bonds is 6. The Hall–Kier alpha value is -3.55. The van der Waals surface area contributed by atoms with Gasteiger partial charge in [-0.15, -0.1) is 0 Å². The molecule has 2 N–H and O–H groups in total. The number of hydrogen-bond donors (Lipinski definition) is 2. The van der Waals surface area contributed by atoms with Gasteiger partial charge in [0.1, 0.15) is 11.3 Å². The van der Waals surface area contributed by atoms with E-state index in [4.69, 9.17) is 9.15 Å². The van der Waals surface area contributed by atoms with Gasteiger partial charge in [-0.3, -0.25) is 20.4 Å². The number of carbonyl (C=O) groups is 2. The standard InChI is InChI=1S/C23H26N4O4/c1-2-16-7-3-5-9-19(16)30-15-21(28)25-26-22(29)17-11-13-27(14-12-17)23-24-18-8-4-6-10-20(18)31-23/h3-10,17H,2,11-15H2,1H3,(H,25,28)(H,26,29). The number of aromatic nitrogens is 1. The second-order valence-electron chi connectivity index (χ2n) is 7.51. The van der Waals surface area contributed by atoms with Crippen LogP contribution in [0.15, 0.2) is 52.9 Å². The van der Waals surface area contributed by atoms with Crippen molar-refractivity contribution in [2.45, 2.75) is 26.2 Å². The summed E-state index contributed by atoms with van der Waals surface area (Å²) in [5.74, 6) is -0.0941. The predicted molar refractivity (Wildman–Crippen MR) is 117 cm³/mol. The molecule has 3 aromatic rings. The third kappa shape index (κ3) is 4.96. The molecule has 0 unspecified atom stereocenters. The van der Waals surface area contributed by atoms with Crippen molar-refractivity contribution in [3.63, 3.8) is 0 Å². The SMILES string of the molecule is CCc1ccccc1OCC(=O)NNC(=O)C1CCN(c2nc3ccccc3o2)CC1. The van der Waals surface area contributed by atoms with Gasteiger partial charge in [-0.25, -0.2) is 0 Å². The number of para-hydroxylation sites is 3. The summed E-state index contributed by atoms with van der Waals surface area (Å²) in [4.78, 5) is 31.0. The van der Waals surface area contributed by atoms with E-state index in [1.54, 1.807) is 0 Å². The fourth-order valence-electron chi connectivity index (χ4n) is 3.68. The average molecular weight is 422 g/mol. The van der Waals surface area contributed by atoms with Crippen molar-refractivity contribution in [2.75, 3.05) is 24.6 Å². The van der Waals surface area contributed by atoms with Crippen molar-refractivity contribution in [1.82, 2.24) is 15.8 Å². The van der Waals surface area contributed by atoms with Gasteiger partial charge in [-0.05, 0) is 43.0 Å². The molecule has 31 heavy (non-hydrogen) atoms. The van der Waals surface area contributed by atoms with Crippen molar-refractivity contribution >= 4 is 28.9 Å². The van der Waals surface area contributed by atoms with E-state index < -0.39 is 5.91 Å². The van der Waals surface area contributed by atoms with Crippen LogP contribution in [0.2, 0.25) is 0 Å². The summed E-state index contributed by atoms with van der Waals surface area (Å²) in [6.45, 7) is 3.19. The van der Waals surface area contributed by atoms with Gasteiger partial charge in [0, 0.05) is 19.0 Å².